The molecule has 2 unspecified atom stereocenters. The normalized spacial score (nSPS) is 25.3. The number of halogens is 4. The Labute approximate surface area is 180 Å². The molecule has 1 aromatic heterocycles. The van der Waals surface area contributed by atoms with Gasteiger partial charge in [-0.05, 0) is 6.07 Å². The molecule has 3 rings (SSSR count). The molecule has 1 aromatic carbocycles. The van der Waals surface area contributed by atoms with Crippen molar-refractivity contribution in [2.24, 2.45) is 0 Å². The first kappa shape index (κ1) is 26.4. The summed E-state index contributed by atoms with van der Waals surface area (Å²) >= 11 is 0. The van der Waals surface area contributed by atoms with Gasteiger partial charge < -0.3 is 43.1 Å². The number of rotatable bonds is 8. The van der Waals surface area contributed by atoms with Crippen LogP contribution in [0.25, 0.3) is 10.9 Å². The molecule has 2 aromatic rings. The molecule has 20 heteroatoms. The van der Waals surface area contributed by atoms with Crippen LogP contribution in [0.5, 0.6) is 0 Å². The number of phosphoric ester groups is 1. The fraction of sp³-hybridized carbons (Fsp3) is 0.385. The number of phosphoric acid groups is 3. The maximum absolute atomic E-state index is 14.2. The van der Waals surface area contributed by atoms with E-state index in [9.17, 15) is 55.9 Å². The molecule has 186 valence electrons. The molecule has 13 nitrogen and oxygen atoms in total. The fourth-order valence-electron chi connectivity index (χ4n) is 3.00. The van der Waals surface area contributed by atoms with E-state index in [2.05, 4.69) is 13.1 Å². The summed E-state index contributed by atoms with van der Waals surface area (Å²) in [7, 11) is -18.3. The SMILES string of the molecule is O=P([O-])([O-])OP(=O)([O-])OP(=O)([O-])OC[C@H]1O[C@@H](n2ccc3c(F)c(F)c(F)c(F)c32)C[C@@H]1O. The summed E-state index contributed by atoms with van der Waals surface area (Å²) in [6.45, 7) is -1.14. The number of hydrogen-bond donors (Lipinski definition) is 1. The molecule has 1 aliphatic heterocycles. The van der Waals surface area contributed by atoms with Crippen LogP contribution in [0.3, 0.4) is 0 Å². The van der Waals surface area contributed by atoms with Crippen LogP contribution in [0.1, 0.15) is 12.6 Å². The summed E-state index contributed by atoms with van der Waals surface area (Å²) < 4.78 is 105. The first-order valence-corrected chi connectivity index (χ1v) is 12.8. The Morgan fingerprint density at radius 2 is 1.61 bits per heavy atom. The number of hydrogen-bond acceptors (Lipinski definition) is 12. The van der Waals surface area contributed by atoms with Gasteiger partial charge in [0.15, 0.2) is 23.3 Å². The number of benzene rings is 1. The maximum atomic E-state index is 14.2. The van der Waals surface area contributed by atoms with Crippen molar-refractivity contribution in [1.29, 1.82) is 0 Å². The van der Waals surface area contributed by atoms with E-state index in [4.69, 9.17) is 4.74 Å². The molecular weight excluding hydrogens is 531 g/mol. The smallest absolute Gasteiger partial charge is 0.278 e. The monoisotopic (exact) mass is 541 g/mol. The Morgan fingerprint density at radius 3 is 2.21 bits per heavy atom. The van der Waals surface area contributed by atoms with Crippen molar-refractivity contribution in [3.8, 4) is 0 Å². The predicted octanol–water partition coefficient (Wildman–Crippen LogP) is -0.339. The van der Waals surface area contributed by atoms with Crippen LogP contribution < -0.4 is 19.6 Å². The molecule has 0 amide bonds. The second-order valence-electron chi connectivity index (χ2n) is 6.47. The van der Waals surface area contributed by atoms with Gasteiger partial charge in [0.1, 0.15) is 12.3 Å². The summed E-state index contributed by atoms with van der Waals surface area (Å²) in [6, 6.07) is 0.895. The minimum Gasteiger partial charge on any atom is -0.790 e. The van der Waals surface area contributed by atoms with Crippen molar-refractivity contribution in [2.75, 3.05) is 6.61 Å². The largest absolute Gasteiger partial charge is 0.790 e. The molecule has 0 saturated carbocycles. The first-order chi connectivity index (χ1) is 15.0. The molecular formula is C13H10F4NO12P3-4. The van der Waals surface area contributed by atoms with Crippen LogP contribution >= 0.6 is 23.5 Å². The molecule has 1 fully saturated rings. The highest BCUT2D eigenvalue weighted by Gasteiger charge is 2.38. The Balaban J connectivity index is 1.73. The van der Waals surface area contributed by atoms with Crippen LogP contribution in [0, 0.1) is 23.3 Å². The Morgan fingerprint density at radius 1 is 1.00 bits per heavy atom. The lowest BCUT2D eigenvalue weighted by Gasteiger charge is -2.37. The molecule has 1 aliphatic rings. The second-order valence-corrected chi connectivity index (χ2v) is 10.7. The van der Waals surface area contributed by atoms with E-state index in [0.717, 1.165) is 16.8 Å². The van der Waals surface area contributed by atoms with Crippen LogP contribution in [0.2, 0.25) is 0 Å². The first-order valence-electron chi connectivity index (χ1n) is 8.39. The van der Waals surface area contributed by atoms with E-state index in [1.54, 1.807) is 0 Å². The molecule has 0 spiro atoms. The van der Waals surface area contributed by atoms with E-state index in [-0.39, 0.29) is 0 Å². The Hall–Kier alpha value is -1.19. The predicted molar refractivity (Wildman–Crippen MR) is 87.2 cm³/mol. The van der Waals surface area contributed by atoms with Gasteiger partial charge in [0.2, 0.25) is 0 Å². The third kappa shape index (κ3) is 5.90. The zero-order chi connectivity index (χ0) is 24.9. The van der Waals surface area contributed by atoms with E-state index in [1.165, 1.54) is 0 Å². The third-order valence-corrected chi connectivity index (χ3v) is 7.91. The van der Waals surface area contributed by atoms with Crippen LogP contribution in [0.15, 0.2) is 12.3 Å². The van der Waals surface area contributed by atoms with Crippen molar-refractivity contribution in [1.82, 2.24) is 4.57 Å². The highest BCUT2D eigenvalue weighted by atomic mass is 31.3. The Kier molecular flexibility index (Phi) is 7.30. The van der Waals surface area contributed by atoms with E-state index >= 15 is 0 Å². The molecule has 0 radical (unpaired) electrons. The number of aliphatic hydroxyl groups excluding tert-OH is 1. The lowest BCUT2D eigenvalue weighted by atomic mass is 10.2. The highest BCUT2D eigenvalue weighted by molar-refractivity contribution is 7.64. The van der Waals surface area contributed by atoms with Crippen LogP contribution in [-0.2, 0) is 31.6 Å². The Bertz CT molecular complexity index is 1220. The second kappa shape index (κ2) is 9.11. The van der Waals surface area contributed by atoms with Gasteiger partial charge in [0.05, 0.1) is 26.1 Å². The lowest BCUT2D eigenvalue weighted by molar-refractivity contribution is -0.339. The summed E-state index contributed by atoms with van der Waals surface area (Å²) in [5, 5.41) is 9.37. The summed E-state index contributed by atoms with van der Waals surface area (Å²) in [4.78, 5) is 43.2. The van der Waals surface area contributed by atoms with Crippen molar-refractivity contribution >= 4 is 34.4 Å². The minimum absolute atomic E-state index is 0.416. The number of aromatic nitrogens is 1. The van der Waals surface area contributed by atoms with Crippen molar-refractivity contribution < 1.29 is 73.8 Å². The number of nitrogens with zero attached hydrogens (tertiary/aromatic N) is 1. The number of fused-ring (bicyclic) bond motifs is 1. The van der Waals surface area contributed by atoms with Crippen LogP contribution in [0.4, 0.5) is 17.6 Å². The molecule has 0 bridgehead atoms. The van der Waals surface area contributed by atoms with Gasteiger partial charge in [-0.2, -0.15) is 0 Å². The van der Waals surface area contributed by atoms with Crippen molar-refractivity contribution in [3.63, 3.8) is 0 Å². The van der Waals surface area contributed by atoms with Gasteiger partial charge in [-0.1, -0.05) is 0 Å². The van der Waals surface area contributed by atoms with Gasteiger partial charge in [-0.25, -0.2) is 21.9 Å². The van der Waals surface area contributed by atoms with E-state index in [0.29, 0.717) is 0 Å². The van der Waals surface area contributed by atoms with Gasteiger partial charge in [-0.15, -0.1) is 0 Å². The summed E-state index contributed by atoms with van der Waals surface area (Å²) in [5.74, 6) is -7.60. The summed E-state index contributed by atoms with van der Waals surface area (Å²) in [6.07, 6.45) is -3.91. The lowest BCUT2D eigenvalue weighted by Crippen LogP contribution is -2.27. The minimum atomic E-state index is -6.20. The third-order valence-electron chi connectivity index (χ3n) is 4.25. The van der Waals surface area contributed by atoms with Crippen molar-refractivity contribution in [3.05, 3.63) is 35.5 Å². The zero-order valence-electron chi connectivity index (χ0n) is 15.5. The zero-order valence-corrected chi connectivity index (χ0v) is 18.2. The van der Waals surface area contributed by atoms with E-state index in [1.807, 2.05) is 0 Å². The highest BCUT2D eigenvalue weighted by Crippen LogP contribution is 2.60. The quantitative estimate of drug-likeness (QED) is 0.197. The molecule has 5 atom stereocenters. The van der Waals surface area contributed by atoms with Crippen molar-refractivity contribution in [2.45, 2.75) is 24.9 Å². The average molecular weight is 541 g/mol. The van der Waals surface area contributed by atoms with Gasteiger partial charge in [-0.3, -0.25) is 13.4 Å². The van der Waals surface area contributed by atoms with Gasteiger partial charge in [0.25, 0.3) is 15.6 Å². The number of aliphatic hydroxyl groups is 1. The molecule has 2 heterocycles. The van der Waals surface area contributed by atoms with Gasteiger partial charge in [0, 0.05) is 18.0 Å². The molecule has 33 heavy (non-hydrogen) atoms. The standard InChI is InChI=1S/C13H14F4NO12P3/c14-9-5-1-2-18(13(5)12(17)11(16)10(9)15)8-3-6(19)7(28-8)4-27-32(23,24)30-33(25,26)29-31(20,21)22/h1-2,6-8,19H,3-4H2,(H,23,24)(H,25,26)(H2,20,21,22)/p-4/t6-,7+,8+/m0/s1. The fourth-order valence-corrected chi connectivity index (χ4v) is 5.86. The molecule has 0 aliphatic carbocycles. The maximum Gasteiger partial charge on any atom is 0.278 e. The molecule has 1 N–H and O–H groups in total. The van der Waals surface area contributed by atoms with E-state index < -0.39 is 89.1 Å². The topological polar surface area (TPSA) is 206 Å². The summed E-state index contributed by atoms with van der Waals surface area (Å²) in [5.41, 5.74) is -0.757. The number of ether oxygens (including phenoxy) is 1. The van der Waals surface area contributed by atoms with Gasteiger partial charge >= 0.3 is 0 Å². The van der Waals surface area contributed by atoms with Crippen LogP contribution in [-0.4, -0.2) is 28.5 Å². The average Bonchev–Trinajstić information content (AvgIpc) is 3.23. The molecule has 1 saturated heterocycles.